The molecule has 0 aliphatic rings. The number of aromatic nitrogens is 1. The van der Waals surface area contributed by atoms with Gasteiger partial charge in [0.25, 0.3) is 5.91 Å². The van der Waals surface area contributed by atoms with Crippen LogP contribution in [0.2, 0.25) is 0 Å². The molecule has 1 heterocycles. The van der Waals surface area contributed by atoms with Crippen LogP contribution < -0.4 is 10.6 Å². The van der Waals surface area contributed by atoms with E-state index in [2.05, 4.69) is 15.6 Å². The average Bonchev–Trinajstić information content (AvgIpc) is 2.48. The van der Waals surface area contributed by atoms with E-state index >= 15 is 0 Å². The molecule has 132 valence electrons. The van der Waals surface area contributed by atoms with Crippen molar-refractivity contribution in [2.45, 2.75) is 20.8 Å². The molecule has 0 spiro atoms. The van der Waals surface area contributed by atoms with Crippen LogP contribution in [-0.4, -0.2) is 42.3 Å². The summed E-state index contributed by atoms with van der Waals surface area (Å²) in [6.45, 7) is 5.93. The Balaban J connectivity index is 2.09. The van der Waals surface area contributed by atoms with E-state index in [9.17, 15) is 9.59 Å². The highest BCUT2D eigenvalue weighted by molar-refractivity contribution is 6.04. The number of nitrogens with one attached hydrogen (secondary N) is 2. The predicted molar refractivity (Wildman–Crippen MR) is 100 cm³/mol. The van der Waals surface area contributed by atoms with Gasteiger partial charge >= 0.3 is 0 Å². The number of amides is 2. The van der Waals surface area contributed by atoms with E-state index < -0.39 is 0 Å². The first kappa shape index (κ1) is 18.6. The zero-order valence-electron chi connectivity index (χ0n) is 15.3. The molecule has 2 rings (SSSR count). The number of likely N-dealkylation sites (N-methyl/N-ethyl adjacent to an activating group) is 1. The van der Waals surface area contributed by atoms with Crippen molar-refractivity contribution in [3.05, 3.63) is 52.8 Å². The molecule has 0 aliphatic heterocycles. The van der Waals surface area contributed by atoms with Crippen molar-refractivity contribution in [3.8, 4) is 0 Å². The maximum atomic E-state index is 12.4. The SMILES string of the molecule is Cc1cc(C(=O)Nc2ccc(NC(=O)CN(C)C)c(C)c2)cc(C)n1. The summed E-state index contributed by atoms with van der Waals surface area (Å²) in [5, 5.41) is 5.75. The molecule has 6 nitrogen and oxygen atoms in total. The lowest BCUT2D eigenvalue weighted by atomic mass is 10.1. The fraction of sp³-hybridized carbons (Fsp3) is 0.316. The monoisotopic (exact) mass is 340 g/mol. The minimum atomic E-state index is -0.183. The third kappa shape index (κ3) is 5.39. The number of carbonyl (C=O) groups excluding carboxylic acids is 2. The molecule has 2 N–H and O–H groups in total. The molecular formula is C19H24N4O2. The highest BCUT2D eigenvalue weighted by Gasteiger charge is 2.10. The van der Waals surface area contributed by atoms with E-state index in [1.54, 1.807) is 29.2 Å². The highest BCUT2D eigenvalue weighted by Crippen LogP contribution is 2.20. The lowest BCUT2D eigenvalue weighted by Gasteiger charge is -2.13. The zero-order valence-corrected chi connectivity index (χ0v) is 15.3. The standard InChI is InChI=1S/C19H24N4O2/c1-12-8-16(6-7-17(12)22-18(24)11-23(4)5)21-19(25)15-9-13(2)20-14(3)10-15/h6-10H,11H2,1-5H3,(H,21,25)(H,22,24). The van der Waals surface area contributed by atoms with Crippen LogP contribution in [0.4, 0.5) is 11.4 Å². The van der Waals surface area contributed by atoms with Crippen LogP contribution in [0.15, 0.2) is 30.3 Å². The van der Waals surface area contributed by atoms with Crippen LogP contribution in [0.3, 0.4) is 0 Å². The van der Waals surface area contributed by atoms with Crippen molar-refractivity contribution >= 4 is 23.2 Å². The van der Waals surface area contributed by atoms with E-state index in [1.165, 1.54) is 0 Å². The van der Waals surface area contributed by atoms with Gasteiger partial charge in [0.15, 0.2) is 0 Å². The molecule has 0 unspecified atom stereocenters. The van der Waals surface area contributed by atoms with Gasteiger partial charge in [-0.1, -0.05) is 0 Å². The lowest BCUT2D eigenvalue weighted by molar-refractivity contribution is -0.116. The van der Waals surface area contributed by atoms with Crippen LogP contribution in [-0.2, 0) is 4.79 Å². The van der Waals surface area contributed by atoms with Gasteiger partial charge in [-0.2, -0.15) is 0 Å². The van der Waals surface area contributed by atoms with E-state index in [4.69, 9.17) is 0 Å². The Bertz CT molecular complexity index is 780. The number of pyridine rings is 1. The fourth-order valence-electron chi connectivity index (χ4n) is 2.53. The van der Waals surface area contributed by atoms with E-state index in [1.807, 2.05) is 40.9 Å². The topological polar surface area (TPSA) is 74.3 Å². The fourth-order valence-corrected chi connectivity index (χ4v) is 2.53. The number of aryl methyl sites for hydroxylation is 3. The summed E-state index contributed by atoms with van der Waals surface area (Å²) in [6.07, 6.45) is 0. The van der Waals surface area contributed by atoms with E-state index in [-0.39, 0.29) is 11.8 Å². The molecular weight excluding hydrogens is 316 g/mol. The molecule has 0 saturated carbocycles. The van der Waals surface area contributed by atoms with Crippen LogP contribution in [0.25, 0.3) is 0 Å². The summed E-state index contributed by atoms with van der Waals surface area (Å²) in [6, 6.07) is 8.92. The predicted octanol–water partition coefficient (Wildman–Crippen LogP) is 2.76. The molecule has 0 saturated heterocycles. The summed E-state index contributed by atoms with van der Waals surface area (Å²) in [5.74, 6) is -0.259. The molecule has 2 aromatic rings. The first-order valence-corrected chi connectivity index (χ1v) is 8.06. The number of hydrogen-bond donors (Lipinski definition) is 2. The van der Waals surface area contributed by atoms with E-state index in [0.717, 1.165) is 22.6 Å². The van der Waals surface area contributed by atoms with Crippen LogP contribution in [0.5, 0.6) is 0 Å². The van der Waals surface area contributed by atoms with Gasteiger partial charge < -0.3 is 15.5 Å². The summed E-state index contributed by atoms with van der Waals surface area (Å²) >= 11 is 0. The summed E-state index contributed by atoms with van der Waals surface area (Å²) < 4.78 is 0. The zero-order chi connectivity index (χ0) is 18.6. The molecule has 0 aliphatic carbocycles. The normalized spacial score (nSPS) is 10.6. The quantitative estimate of drug-likeness (QED) is 0.878. The average molecular weight is 340 g/mol. The molecule has 0 atom stereocenters. The molecule has 1 aromatic heterocycles. The first-order valence-electron chi connectivity index (χ1n) is 8.06. The number of nitrogens with zero attached hydrogens (tertiary/aromatic N) is 2. The third-order valence-electron chi connectivity index (χ3n) is 3.56. The lowest BCUT2D eigenvalue weighted by Crippen LogP contribution is -2.27. The van der Waals surface area contributed by atoms with Gasteiger partial charge in [-0.15, -0.1) is 0 Å². The van der Waals surface area contributed by atoms with E-state index in [0.29, 0.717) is 17.8 Å². The van der Waals surface area contributed by atoms with Crippen molar-refractivity contribution in [2.75, 3.05) is 31.3 Å². The molecule has 0 radical (unpaired) electrons. The van der Waals surface area contributed by atoms with Crippen LogP contribution >= 0.6 is 0 Å². The van der Waals surface area contributed by atoms with Gasteiger partial charge in [-0.3, -0.25) is 14.6 Å². The Morgan fingerprint density at radius 2 is 1.64 bits per heavy atom. The summed E-state index contributed by atoms with van der Waals surface area (Å²) in [5.41, 5.74) is 4.49. The minimum Gasteiger partial charge on any atom is -0.325 e. The Morgan fingerprint density at radius 3 is 2.20 bits per heavy atom. The number of rotatable bonds is 5. The molecule has 0 bridgehead atoms. The van der Waals surface area contributed by atoms with Gasteiger partial charge in [0.05, 0.1) is 6.54 Å². The van der Waals surface area contributed by atoms with Crippen molar-refractivity contribution in [1.82, 2.24) is 9.88 Å². The summed E-state index contributed by atoms with van der Waals surface area (Å²) in [7, 11) is 3.68. The Kier molecular flexibility index (Phi) is 5.88. The minimum absolute atomic E-state index is 0.0763. The second-order valence-corrected chi connectivity index (χ2v) is 6.41. The summed E-state index contributed by atoms with van der Waals surface area (Å²) in [4.78, 5) is 30.3. The van der Waals surface area contributed by atoms with Gasteiger partial charge in [0, 0.05) is 28.3 Å². The molecule has 25 heavy (non-hydrogen) atoms. The second kappa shape index (κ2) is 7.90. The maximum Gasteiger partial charge on any atom is 0.255 e. The molecule has 0 fully saturated rings. The molecule has 1 aromatic carbocycles. The Morgan fingerprint density at radius 1 is 1.00 bits per heavy atom. The largest absolute Gasteiger partial charge is 0.325 e. The van der Waals surface area contributed by atoms with Crippen molar-refractivity contribution in [1.29, 1.82) is 0 Å². The number of benzene rings is 1. The van der Waals surface area contributed by atoms with Gasteiger partial charge in [-0.05, 0) is 70.8 Å². The van der Waals surface area contributed by atoms with Gasteiger partial charge in [0.1, 0.15) is 0 Å². The Hall–Kier alpha value is -2.73. The maximum absolute atomic E-state index is 12.4. The number of anilines is 2. The molecule has 6 heteroatoms. The smallest absolute Gasteiger partial charge is 0.255 e. The van der Waals surface area contributed by atoms with Crippen molar-refractivity contribution in [2.24, 2.45) is 0 Å². The molecule has 2 amide bonds. The second-order valence-electron chi connectivity index (χ2n) is 6.41. The Labute approximate surface area is 148 Å². The highest BCUT2D eigenvalue weighted by atomic mass is 16.2. The third-order valence-corrected chi connectivity index (χ3v) is 3.56. The number of hydrogen-bond acceptors (Lipinski definition) is 4. The van der Waals surface area contributed by atoms with Crippen LogP contribution in [0, 0.1) is 20.8 Å². The first-order chi connectivity index (χ1) is 11.7. The number of carbonyl (C=O) groups is 2. The van der Waals surface area contributed by atoms with Crippen LogP contribution in [0.1, 0.15) is 27.3 Å². The van der Waals surface area contributed by atoms with Gasteiger partial charge in [-0.25, -0.2) is 0 Å². The van der Waals surface area contributed by atoms with Crippen molar-refractivity contribution in [3.63, 3.8) is 0 Å². The van der Waals surface area contributed by atoms with Gasteiger partial charge in [0.2, 0.25) is 5.91 Å². The van der Waals surface area contributed by atoms with Crippen molar-refractivity contribution < 1.29 is 9.59 Å².